The molecule has 7 nitrogen and oxygen atoms in total. The van der Waals surface area contributed by atoms with E-state index in [1.807, 2.05) is 24.7 Å². The molecule has 2 amide bonds. The number of nitrogens with zero attached hydrogens (tertiary/aromatic N) is 2. The van der Waals surface area contributed by atoms with E-state index in [0.29, 0.717) is 19.4 Å². The molecule has 20 heavy (non-hydrogen) atoms. The first-order valence-corrected chi connectivity index (χ1v) is 6.78. The first-order chi connectivity index (χ1) is 9.54. The van der Waals surface area contributed by atoms with E-state index < -0.39 is 18.0 Å². The van der Waals surface area contributed by atoms with Crippen molar-refractivity contribution in [3.05, 3.63) is 18.2 Å². The van der Waals surface area contributed by atoms with Gasteiger partial charge in [-0.2, -0.15) is 0 Å². The lowest BCUT2D eigenvalue weighted by atomic mass is 10.1. The van der Waals surface area contributed by atoms with Gasteiger partial charge < -0.3 is 20.3 Å². The fourth-order valence-electron chi connectivity index (χ4n) is 1.80. The van der Waals surface area contributed by atoms with Crippen LogP contribution in [-0.4, -0.2) is 39.2 Å². The molecule has 0 aliphatic carbocycles. The summed E-state index contributed by atoms with van der Waals surface area (Å²) < 4.78 is 1.88. The third kappa shape index (κ3) is 5.29. The molecular formula is C13H22N4O3. The zero-order valence-corrected chi connectivity index (χ0v) is 11.9. The maximum absolute atomic E-state index is 11.6. The molecule has 0 bridgehead atoms. The second-order valence-corrected chi connectivity index (χ2v) is 4.64. The van der Waals surface area contributed by atoms with Gasteiger partial charge in [0.05, 0.1) is 0 Å². The monoisotopic (exact) mass is 282 g/mol. The lowest BCUT2D eigenvalue weighted by Crippen LogP contribution is -2.46. The number of carboxylic acids is 1. The van der Waals surface area contributed by atoms with Crippen molar-refractivity contribution in [3.63, 3.8) is 0 Å². The molecule has 0 unspecified atom stereocenters. The quantitative estimate of drug-likeness (QED) is 0.660. The van der Waals surface area contributed by atoms with Crippen LogP contribution in [0.3, 0.4) is 0 Å². The number of carbonyl (C=O) groups is 2. The highest BCUT2D eigenvalue weighted by Crippen LogP contribution is 2.00. The molecule has 1 aromatic rings. The molecule has 1 heterocycles. The van der Waals surface area contributed by atoms with Gasteiger partial charge in [0, 0.05) is 32.4 Å². The number of unbranched alkanes of at least 4 members (excludes halogenated alkanes) is 1. The smallest absolute Gasteiger partial charge is 0.326 e. The van der Waals surface area contributed by atoms with Crippen molar-refractivity contribution >= 4 is 12.0 Å². The number of hydrogen-bond donors (Lipinski definition) is 3. The molecule has 112 valence electrons. The number of aromatic nitrogens is 2. The second-order valence-electron chi connectivity index (χ2n) is 4.64. The Morgan fingerprint density at radius 1 is 1.50 bits per heavy atom. The summed E-state index contributed by atoms with van der Waals surface area (Å²) in [6, 6.07) is -1.29. The number of nitrogens with one attached hydrogen (secondary N) is 2. The number of hydrogen-bond acceptors (Lipinski definition) is 3. The third-order valence-electron chi connectivity index (χ3n) is 3.00. The molecule has 1 rings (SSSR count). The van der Waals surface area contributed by atoms with Crippen molar-refractivity contribution in [2.75, 3.05) is 6.54 Å². The molecule has 7 heteroatoms. The molecule has 0 aliphatic heterocycles. The van der Waals surface area contributed by atoms with Crippen LogP contribution in [0, 0.1) is 0 Å². The molecule has 0 spiro atoms. The lowest BCUT2D eigenvalue weighted by molar-refractivity contribution is -0.139. The van der Waals surface area contributed by atoms with Crippen LogP contribution in [0.4, 0.5) is 4.79 Å². The van der Waals surface area contributed by atoms with Crippen LogP contribution in [0.15, 0.2) is 12.4 Å². The average Bonchev–Trinajstić information content (AvgIpc) is 2.80. The summed E-state index contributed by atoms with van der Waals surface area (Å²) >= 11 is 0. The standard InChI is InChI=1S/C13H22N4O3/c1-3-4-5-10(12(18)19)16-13(20)15-7-6-11-14-8-9-17(11)2/h8-10H,3-7H2,1-2H3,(H,18,19)(H2,15,16,20)/t10-/m0/s1. The Balaban J connectivity index is 2.31. The zero-order chi connectivity index (χ0) is 15.0. The fourth-order valence-corrected chi connectivity index (χ4v) is 1.80. The molecule has 0 aliphatic rings. The molecular weight excluding hydrogens is 260 g/mol. The van der Waals surface area contributed by atoms with Crippen molar-refractivity contribution in [1.29, 1.82) is 0 Å². The van der Waals surface area contributed by atoms with Gasteiger partial charge in [-0.05, 0) is 6.42 Å². The number of amides is 2. The van der Waals surface area contributed by atoms with E-state index in [4.69, 9.17) is 5.11 Å². The Bertz CT molecular complexity index is 445. The molecule has 0 saturated carbocycles. The molecule has 1 atom stereocenters. The topological polar surface area (TPSA) is 96.3 Å². The Morgan fingerprint density at radius 3 is 2.80 bits per heavy atom. The number of carboxylic acid groups (broad SMARTS) is 1. The molecule has 1 aromatic heterocycles. The van der Waals surface area contributed by atoms with Crippen molar-refractivity contribution in [1.82, 2.24) is 20.2 Å². The predicted octanol–water partition coefficient (Wildman–Crippen LogP) is 0.905. The van der Waals surface area contributed by atoms with Gasteiger partial charge in [-0.1, -0.05) is 19.8 Å². The first-order valence-electron chi connectivity index (χ1n) is 6.78. The highest BCUT2D eigenvalue weighted by Gasteiger charge is 2.18. The van der Waals surface area contributed by atoms with Crippen LogP contribution >= 0.6 is 0 Å². The van der Waals surface area contributed by atoms with E-state index in [0.717, 1.165) is 18.7 Å². The van der Waals surface area contributed by atoms with Crippen LogP contribution in [0.25, 0.3) is 0 Å². The van der Waals surface area contributed by atoms with E-state index in [1.54, 1.807) is 6.20 Å². The number of aliphatic carboxylic acids is 1. The SMILES string of the molecule is CCCC[C@H](NC(=O)NCCc1nccn1C)C(=O)O. The largest absolute Gasteiger partial charge is 0.480 e. The third-order valence-corrected chi connectivity index (χ3v) is 3.00. The van der Waals surface area contributed by atoms with Crippen molar-refractivity contribution in [3.8, 4) is 0 Å². The number of aryl methyl sites for hydroxylation is 1. The minimum absolute atomic E-state index is 0.413. The van der Waals surface area contributed by atoms with Crippen LogP contribution in [0.2, 0.25) is 0 Å². The van der Waals surface area contributed by atoms with Gasteiger partial charge in [0.1, 0.15) is 11.9 Å². The van der Waals surface area contributed by atoms with Crippen molar-refractivity contribution in [2.24, 2.45) is 7.05 Å². The second kappa shape index (κ2) is 8.19. The molecule has 0 aromatic carbocycles. The minimum atomic E-state index is -1.00. The summed E-state index contributed by atoms with van der Waals surface area (Å²) in [5, 5.41) is 14.1. The average molecular weight is 282 g/mol. The number of carbonyl (C=O) groups excluding carboxylic acids is 1. The highest BCUT2D eigenvalue weighted by molar-refractivity contribution is 5.82. The fraction of sp³-hybridized carbons (Fsp3) is 0.615. The molecule has 0 saturated heterocycles. The number of imidazole rings is 1. The first kappa shape index (κ1) is 16.0. The highest BCUT2D eigenvalue weighted by atomic mass is 16.4. The summed E-state index contributed by atoms with van der Waals surface area (Å²) in [6.07, 6.45) is 6.24. The van der Waals surface area contributed by atoms with Gasteiger partial charge >= 0.3 is 12.0 Å². The maximum atomic E-state index is 11.6. The summed E-state index contributed by atoms with van der Waals surface area (Å²) in [5.41, 5.74) is 0. The summed E-state index contributed by atoms with van der Waals surface area (Å²) in [4.78, 5) is 26.8. The molecule has 0 radical (unpaired) electrons. The number of rotatable bonds is 8. The van der Waals surface area contributed by atoms with Crippen LogP contribution < -0.4 is 10.6 Å². The normalized spacial score (nSPS) is 11.9. The Labute approximate surface area is 118 Å². The van der Waals surface area contributed by atoms with Gasteiger partial charge in [0.25, 0.3) is 0 Å². The Morgan fingerprint density at radius 2 is 2.25 bits per heavy atom. The van der Waals surface area contributed by atoms with E-state index in [2.05, 4.69) is 15.6 Å². The molecule has 0 fully saturated rings. The lowest BCUT2D eigenvalue weighted by Gasteiger charge is -2.14. The zero-order valence-electron chi connectivity index (χ0n) is 11.9. The van der Waals surface area contributed by atoms with E-state index in [-0.39, 0.29) is 0 Å². The maximum Gasteiger partial charge on any atom is 0.326 e. The van der Waals surface area contributed by atoms with Crippen LogP contribution in [0.5, 0.6) is 0 Å². The predicted molar refractivity (Wildman–Crippen MR) is 74.4 cm³/mol. The van der Waals surface area contributed by atoms with Crippen molar-refractivity contribution in [2.45, 2.75) is 38.6 Å². The van der Waals surface area contributed by atoms with E-state index in [1.165, 1.54) is 0 Å². The minimum Gasteiger partial charge on any atom is -0.480 e. The van der Waals surface area contributed by atoms with Gasteiger partial charge in [-0.3, -0.25) is 0 Å². The van der Waals surface area contributed by atoms with Gasteiger partial charge in [-0.25, -0.2) is 14.6 Å². The van der Waals surface area contributed by atoms with Gasteiger partial charge in [0.2, 0.25) is 0 Å². The van der Waals surface area contributed by atoms with Gasteiger partial charge in [0.15, 0.2) is 0 Å². The molecule has 3 N–H and O–H groups in total. The van der Waals surface area contributed by atoms with Crippen LogP contribution in [-0.2, 0) is 18.3 Å². The number of urea groups is 1. The summed E-state index contributed by atoms with van der Waals surface area (Å²) in [5.74, 6) is -0.135. The van der Waals surface area contributed by atoms with Crippen molar-refractivity contribution < 1.29 is 14.7 Å². The summed E-state index contributed by atoms with van der Waals surface area (Å²) in [6.45, 7) is 2.39. The van der Waals surface area contributed by atoms with Crippen LogP contribution in [0.1, 0.15) is 32.0 Å². The van der Waals surface area contributed by atoms with E-state index >= 15 is 0 Å². The van der Waals surface area contributed by atoms with E-state index in [9.17, 15) is 9.59 Å². The van der Waals surface area contributed by atoms with Gasteiger partial charge in [-0.15, -0.1) is 0 Å². The Hall–Kier alpha value is -2.05. The summed E-state index contributed by atoms with van der Waals surface area (Å²) in [7, 11) is 1.88. The Kier molecular flexibility index (Phi) is 6.55.